The SMILES string of the molecule is CC(CC(NC(=O)OCc1ccccc1)C(N)=O)C(=O)O. The smallest absolute Gasteiger partial charge is 0.408 e. The number of amides is 2. The quantitative estimate of drug-likeness (QED) is 0.689. The minimum absolute atomic E-state index is 0.0483. The number of hydrogen-bond acceptors (Lipinski definition) is 4. The number of alkyl carbamates (subject to hydrolysis) is 1. The van der Waals surface area contributed by atoms with Crippen molar-refractivity contribution in [3.63, 3.8) is 0 Å². The van der Waals surface area contributed by atoms with Gasteiger partial charge in [-0.3, -0.25) is 9.59 Å². The van der Waals surface area contributed by atoms with Gasteiger partial charge in [0.15, 0.2) is 0 Å². The van der Waals surface area contributed by atoms with Crippen LogP contribution >= 0.6 is 0 Å². The summed E-state index contributed by atoms with van der Waals surface area (Å²) in [5.74, 6) is -2.68. The molecule has 0 saturated heterocycles. The Morgan fingerprint density at radius 1 is 1.29 bits per heavy atom. The lowest BCUT2D eigenvalue weighted by Gasteiger charge is -2.17. The van der Waals surface area contributed by atoms with Crippen molar-refractivity contribution in [2.45, 2.75) is 26.0 Å². The fourth-order valence-electron chi connectivity index (χ4n) is 1.61. The van der Waals surface area contributed by atoms with Gasteiger partial charge in [0, 0.05) is 0 Å². The standard InChI is InChI=1S/C14H18N2O5/c1-9(13(18)19)7-11(12(15)17)16-14(20)21-8-10-5-3-2-4-6-10/h2-6,9,11H,7-8H2,1H3,(H2,15,17)(H,16,20)(H,18,19). The Balaban J connectivity index is 2.49. The zero-order valence-electron chi connectivity index (χ0n) is 11.6. The van der Waals surface area contributed by atoms with Gasteiger partial charge in [0.2, 0.25) is 5.91 Å². The molecule has 0 aliphatic rings. The highest BCUT2D eigenvalue weighted by atomic mass is 16.5. The molecule has 0 saturated carbocycles. The zero-order chi connectivity index (χ0) is 15.8. The van der Waals surface area contributed by atoms with Crippen molar-refractivity contribution in [2.24, 2.45) is 11.7 Å². The van der Waals surface area contributed by atoms with Crippen LogP contribution in [0.1, 0.15) is 18.9 Å². The maximum atomic E-state index is 11.6. The summed E-state index contributed by atoms with van der Waals surface area (Å²) in [4.78, 5) is 33.6. The van der Waals surface area contributed by atoms with Gasteiger partial charge >= 0.3 is 12.1 Å². The fraction of sp³-hybridized carbons (Fsp3) is 0.357. The first-order chi connectivity index (χ1) is 9.90. The third kappa shape index (κ3) is 5.94. The summed E-state index contributed by atoms with van der Waals surface area (Å²) >= 11 is 0. The second kappa shape index (κ2) is 7.88. The lowest BCUT2D eigenvalue weighted by molar-refractivity contribution is -0.141. The Bertz CT molecular complexity index is 503. The van der Waals surface area contributed by atoms with Gasteiger partial charge < -0.3 is 20.9 Å². The highest BCUT2D eigenvalue weighted by Gasteiger charge is 2.24. The third-order valence-corrected chi connectivity index (χ3v) is 2.86. The number of carboxylic acid groups (broad SMARTS) is 1. The van der Waals surface area contributed by atoms with Gasteiger partial charge in [0.25, 0.3) is 0 Å². The predicted molar refractivity (Wildman–Crippen MR) is 74.2 cm³/mol. The van der Waals surface area contributed by atoms with E-state index in [0.29, 0.717) is 0 Å². The van der Waals surface area contributed by atoms with E-state index in [0.717, 1.165) is 5.56 Å². The summed E-state index contributed by atoms with van der Waals surface area (Å²) in [7, 11) is 0. The normalized spacial score (nSPS) is 13.0. The number of benzene rings is 1. The maximum absolute atomic E-state index is 11.6. The molecule has 21 heavy (non-hydrogen) atoms. The molecule has 2 atom stereocenters. The van der Waals surface area contributed by atoms with Crippen LogP contribution in [0.15, 0.2) is 30.3 Å². The number of rotatable bonds is 7. The van der Waals surface area contributed by atoms with Crippen LogP contribution in [0.3, 0.4) is 0 Å². The van der Waals surface area contributed by atoms with Crippen LogP contribution in [-0.2, 0) is 20.9 Å². The average Bonchev–Trinajstić information content (AvgIpc) is 2.45. The van der Waals surface area contributed by atoms with Crippen molar-refractivity contribution in [1.82, 2.24) is 5.32 Å². The molecule has 0 aromatic heterocycles. The highest BCUT2D eigenvalue weighted by molar-refractivity contribution is 5.85. The molecule has 0 radical (unpaired) electrons. The van der Waals surface area contributed by atoms with Gasteiger partial charge in [-0.25, -0.2) is 4.79 Å². The molecule has 1 rings (SSSR count). The van der Waals surface area contributed by atoms with E-state index in [2.05, 4.69) is 5.32 Å². The van der Waals surface area contributed by atoms with Gasteiger partial charge in [0.05, 0.1) is 5.92 Å². The second-order valence-corrected chi connectivity index (χ2v) is 4.64. The average molecular weight is 294 g/mol. The van der Waals surface area contributed by atoms with Crippen molar-refractivity contribution < 1.29 is 24.2 Å². The fourth-order valence-corrected chi connectivity index (χ4v) is 1.61. The number of aliphatic carboxylic acids is 1. The number of ether oxygens (including phenoxy) is 1. The van der Waals surface area contributed by atoms with Crippen molar-refractivity contribution in [2.75, 3.05) is 0 Å². The van der Waals surface area contributed by atoms with E-state index in [9.17, 15) is 14.4 Å². The Labute approximate surface area is 122 Å². The van der Waals surface area contributed by atoms with E-state index < -0.39 is 29.9 Å². The number of nitrogens with one attached hydrogen (secondary N) is 1. The lowest BCUT2D eigenvalue weighted by atomic mass is 10.0. The zero-order valence-corrected chi connectivity index (χ0v) is 11.6. The number of carbonyl (C=O) groups is 3. The molecule has 2 amide bonds. The predicted octanol–water partition coefficient (Wildman–Crippen LogP) is 0.877. The van der Waals surface area contributed by atoms with Crippen molar-refractivity contribution >= 4 is 18.0 Å². The summed E-state index contributed by atoms with van der Waals surface area (Å²) in [5.41, 5.74) is 5.93. The first-order valence-electron chi connectivity index (χ1n) is 6.39. The van der Waals surface area contributed by atoms with Crippen LogP contribution in [0.2, 0.25) is 0 Å². The summed E-state index contributed by atoms with van der Waals surface area (Å²) in [6.45, 7) is 1.47. The molecule has 7 heteroatoms. The molecule has 0 fully saturated rings. The van der Waals surface area contributed by atoms with E-state index in [-0.39, 0.29) is 13.0 Å². The van der Waals surface area contributed by atoms with Crippen LogP contribution in [0, 0.1) is 5.92 Å². The van der Waals surface area contributed by atoms with Gasteiger partial charge in [-0.2, -0.15) is 0 Å². The van der Waals surface area contributed by atoms with Crippen molar-refractivity contribution in [3.8, 4) is 0 Å². The Morgan fingerprint density at radius 2 is 1.90 bits per heavy atom. The number of hydrogen-bond donors (Lipinski definition) is 3. The Hall–Kier alpha value is -2.57. The lowest BCUT2D eigenvalue weighted by Crippen LogP contribution is -2.46. The summed E-state index contributed by atoms with van der Waals surface area (Å²) < 4.78 is 4.95. The molecule has 0 spiro atoms. The van der Waals surface area contributed by atoms with E-state index in [4.69, 9.17) is 15.6 Å². The molecule has 0 heterocycles. The molecular formula is C14H18N2O5. The van der Waals surface area contributed by atoms with Crippen LogP contribution in [-0.4, -0.2) is 29.1 Å². The minimum Gasteiger partial charge on any atom is -0.481 e. The van der Waals surface area contributed by atoms with Crippen molar-refractivity contribution in [3.05, 3.63) is 35.9 Å². The minimum atomic E-state index is -1.08. The summed E-state index contributed by atoms with van der Waals surface area (Å²) in [6.07, 6.45) is -0.911. The molecular weight excluding hydrogens is 276 g/mol. The van der Waals surface area contributed by atoms with Crippen LogP contribution in [0.4, 0.5) is 4.79 Å². The van der Waals surface area contributed by atoms with Crippen molar-refractivity contribution in [1.29, 1.82) is 0 Å². The third-order valence-electron chi connectivity index (χ3n) is 2.86. The molecule has 1 aromatic rings. The van der Waals surface area contributed by atoms with E-state index in [1.807, 2.05) is 6.07 Å². The molecule has 7 nitrogen and oxygen atoms in total. The molecule has 0 aliphatic heterocycles. The van der Waals surface area contributed by atoms with Gasteiger partial charge in [-0.1, -0.05) is 37.3 Å². The monoisotopic (exact) mass is 294 g/mol. The summed E-state index contributed by atoms with van der Waals surface area (Å²) in [6, 6.07) is 7.92. The molecule has 0 bridgehead atoms. The van der Waals surface area contributed by atoms with Gasteiger partial charge in [-0.05, 0) is 12.0 Å². The molecule has 2 unspecified atom stereocenters. The van der Waals surface area contributed by atoms with Gasteiger partial charge in [0.1, 0.15) is 12.6 Å². The van der Waals surface area contributed by atoms with E-state index in [1.54, 1.807) is 24.3 Å². The van der Waals surface area contributed by atoms with E-state index >= 15 is 0 Å². The van der Waals surface area contributed by atoms with Crippen LogP contribution in [0.25, 0.3) is 0 Å². The van der Waals surface area contributed by atoms with E-state index in [1.165, 1.54) is 6.92 Å². The Kier molecular flexibility index (Phi) is 6.19. The second-order valence-electron chi connectivity index (χ2n) is 4.64. The van der Waals surface area contributed by atoms with Gasteiger partial charge in [-0.15, -0.1) is 0 Å². The highest BCUT2D eigenvalue weighted by Crippen LogP contribution is 2.07. The number of nitrogens with two attached hydrogens (primary N) is 1. The first-order valence-corrected chi connectivity index (χ1v) is 6.39. The molecule has 0 aliphatic carbocycles. The van der Waals surface area contributed by atoms with Crippen LogP contribution < -0.4 is 11.1 Å². The Morgan fingerprint density at radius 3 is 2.43 bits per heavy atom. The number of primary amides is 1. The largest absolute Gasteiger partial charge is 0.481 e. The van der Waals surface area contributed by atoms with Crippen LogP contribution in [0.5, 0.6) is 0 Å². The molecule has 114 valence electrons. The topological polar surface area (TPSA) is 119 Å². The summed E-state index contributed by atoms with van der Waals surface area (Å²) in [5, 5.41) is 11.1. The molecule has 4 N–H and O–H groups in total. The first kappa shape index (κ1) is 16.5. The maximum Gasteiger partial charge on any atom is 0.408 e. The number of carbonyl (C=O) groups excluding carboxylic acids is 2. The number of carboxylic acids is 1. The molecule has 1 aromatic carbocycles.